The van der Waals surface area contributed by atoms with E-state index in [1.165, 1.54) is 4.88 Å². The van der Waals surface area contributed by atoms with Crippen molar-refractivity contribution in [3.8, 4) is 0 Å². The smallest absolute Gasteiger partial charge is 0.191 e. The molecule has 0 saturated heterocycles. The minimum absolute atomic E-state index is 0.142. The molecule has 3 N–H and O–H groups in total. The van der Waals surface area contributed by atoms with Gasteiger partial charge in [0.25, 0.3) is 0 Å². The lowest BCUT2D eigenvalue weighted by Gasteiger charge is -2.27. The monoisotopic (exact) mass is 390 g/mol. The molecule has 8 heteroatoms. The standard InChI is InChI=1S/C19H30N6OS/c1-2-18-24-22-14-25(18)12-11-21-19(20-10-9-17-4-3-13-27-17)23-15-5-7-16(26)8-6-15/h3-4,13-16,26H,2,5-12H2,1H3,(H2,20,21,23). The van der Waals surface area contributed by atoms with Crippen LogP contribution in [0.5, 0.6) is 0 Å². The molecule has 0 amide bonds. The zero-order chi connectivity index (χ0) is 18.9. The number of aromatic nitrogens is 3. The second-order valence-corrected chi connectivity index (χ2v) is 7.96. The Morgan fingerprint density at radius 3 is 2.96 bits per heavy atom. The quantitative estimate of drug-likeness (QED) is 0.474. The highest BCUT2D eigenvalue weighted by atomic mass is 32.1. The van der Waals surface area contributed by atoms with Crippen LogP contribution in [0.1, 0.15) is 43.3 Å². The van der Waals surface area contributed by atoms with Crippen molar-refractivity contribution in [1.29, 1.82) is 0 Å². The largest absolute Gasteiger partial charge is 0.393 e. The van der Waals surface area contributed by atoms with Crippen LogP contribution in [0.2, 0.25) is 0 Å². The van der Waals surface area contributed by atoms with Gasteiger partial charge in [-0.1, -0.05) is 13.0 Å². The summed E-state index contributed by atoms with van der Waals surface area (Å²) in [7, 11) is 0. The Morgan fingerprint density at radius 1 is 1.37 bits per heavy atom. The molecule has 7 nitrogen and oxygen atoms in total. The van der Waals surface area contributed by atoms with E-state index in [0.717, 1.165) is 69.9 Å². The van der Waals surface area contributed by atoms with Gasteiger partial charge in [-0.3, -0.25) is 4.99 Å². The number of aliphatic hydroxyl groups excluding tert-OH is 1. The first-order chi connectivity index (χ1) is 13.2. The van der Waals surface area contributed by atoms with Crippen molar-refractivity contribution in [3.63, 3.8) is 0 Å². The van der Waals surface area contributed by atoms with Crippen molar-refractivity contribution < 1.29 is 5.11 Å². The Morgan fingerprint density at radius 2 is 2.22 bits per heavy atom. The van der Waals surface area contributed by atoms with Crippen LogP contribution in [0, 0.1) is 0 Å². The summed E-state index contributed by atoms with van der Waals surface area (Å²) in [5, 5.41) is 26.9. The maximum absolute atomic E-state index is 9.72. The van der Waals surface area contributed by atoms with Crippen LogP contribution in [-0.2, 0) is 19.4 Å². The number of aryl methyl sites for hydroxylation is 1. The first-order valence-electron chi connectivity index (χ1n) is 9.86. The number of nitrogens with one attached hydrogen (secondary N) is 2. The van der Waals surface area contributed by atoms with E-state index in [0.29, 0.717) is 6.04 Å². The summed E-state index contributed by atoms with van der Waals surface area (Å²) in [5.41, 5.74) is 0. The number of hydrogen-bond donors (Lipinski definition) is 3. The molecule has 1 fully saturated rings. The summed E-state index contributed by atoms with van der Waals surface area (Å²) in [4.78, 5) is 6.13. The van der Waals surface area contributed by atoms with Gasteiger partial charge in [0.15, 0.2) is 5.96 Å². The molecule has 27 heavy (non-hydrogen) atoms. The third kappa shape index (κ3) is 6.32. The SMILES string of the molecule is CCc1nncn1CCNC(=NCCc1cccs1)NC1CCC(O)CC1. The van der Waals surface area contributed by atoms with Crippen LogP contribution >= 0.6 is 11.3 Å². The summed E-state index contributed by atoms with van der Waals surface area (Å²) < 4.78 is 2.08. The highest BCUT2D eigenvalue weighted by Crippen LogP contribution is 2.18. The number of aliphatic hydroxyl groups is 1. The number of rotatable bonds is 8. The Bertz CT molecular complexity index is 691. The molecule has 0 atom stereocenters. The summed E-state index contributed by atoms with van der Waals surface area (Å²) in [6, 6.07) is 4.61. The second kappa shape index (κ2) is 10.4. The third-order valence-corrected chi connectivity index (χ3v) is 5.84. The van der Waals surface area contributed by atoms with E-state index in [9.17, 15) is 5.11 Å². The Hall–Kier alpha value is -1.93. The molecule has 2 aromatic heterocycles. The van der Waals surface area contributed by atoms with E-state index < -0.39 is 0 Å². The van der Waals surface area contributed by atoms with Crippen molar-refractivity contribution in [2.75, 3.05) is 13.1 Å². The van der Waals surface area contributed by atoms with Crippen molar-refractivity contribution in [2.45, 2.75) is 64.1 Å². The summed E-state index contributed by atoms with van der Waals surface area (Å²) >= 11 is 1.78. The van der Waals surface area contributed by atoms with Crippen LogP contribution in [0.15, 0.2) is 28.8 Å². The molecular weight excluding hydrogens is 360 g/mol. The Kier molecular flexibility index (Phi) is 7.65. The lowest BCUT2D eigenvalue weighted by molar-refractivity contribution is 0.120. The average Bonchev–Trinajstić information content (AvgIpc) is 3.35. The molecule has 148 valence electrons. The van der Waals surface area contributed by atoms with E-state index >= 15 is 0 Å². The van der Waals surface area contributed by atoms with Gasteiger partial charge < -0.3 is 20.3 Å². The second-order valence-electron chi connectivity index (χ2n) is 6.93. The first kappa shape index (κ1) is 19.8. The van der Waals surface area contributed by atoms with E-state index in [2.05, 4.69) is 49.8 Å². The topological polar surface area (TPSA) is 87.4 Å². The van der Waals surface area contributed by atoms with E-state index in [-0.39, 0.29) is 6.10 Å². The van der Waals surface area contributed by atoms with Gasteiger partial charge in [0.1, 0.15) is 12.2 Å². The molecule has 0 spiro atoms. The van der Waals surface area contributed by atoms with Gasteiger partial charge in [0, 0.05) is 43.4 Å². The van der Waals surface area contributed by atoms with Gasteiger partial charge in [-0.2, -0.15) is 0 Å². The fraction of sp³-hybridized carbons (Fsp3) is 0.632. The van der Waals surface area contributed by atoms with Crippen molar-refractivity contribution >= 4 is 17.3 Å². The van der Waals surface area contributed by atoms with E-state index in [1.54, 1.807) is 17.7 Å². The molecule has 0 bridgehead atoms. The summed E-state index contributed by atoms with van der Waals surface area (Å²) in [6.45, 7) is 4.43. The van der Waals surface area contributed by atoms with Crippen LogP contribution < -0.4 is 10.6 Å². The maximum atomic E-state index is 9.72. The maximum Gasteiger partial charge on any atom is 0.191 e. The van der Waals surface area contributed by atoms with Crippen LogP contribution in [0.3, 0.4) is 0 Å². The number of aliphatic imine (C=N–C) groups is 1. The molecule has 1 aliphatic rings. The normalized spacial score (nSPS) is 20.6. The fourth-order valence-electron chi connectivity index (χ4n) is 3.33. The van der Waals surface area contributed by atoms with Crippen molar-refractivity contribution in [3.05, 3.63) is 34.5 Å². The highest BCUT2D eigenvalue weighted by Gasteiger charge is 2.20. The van der Waals surface area contributed by atoms with Gasteiger partial charge in [-0.05, 0) is 37.1 Å². The van der Waals surface area contributed by atoms with Crippen molar-refractivity contribution in [2.24, 2.45) is 4.99 Å². The third-order valence-electron chi connectivity index (χ3n) is 4.90. The number of nitrogens with zero attached hydrogens (tertiary/aromatic N) is 4. The number of hydrogen-bond acceptors (Lipinski definition) is 5. The Labute approximate surface area is 164 Å². The molecule has 3 rings (SSSR count). The molecule has 0 unspecified atom stereocenters. The zero-order valence-electron chi connectivity index (χ0n) is 16.0. The number of thiophene rings is 1. The molecule has 1 aliphatic carbocycles. The minimum atomic E-state index is -0.142. The molecule has 0 aromatic carbocycles. The predicted octanol–water partition coefficient (Wildman–Crippen LogP) is 1.98. The molecule has 0 radical (unpaired) electrons. The molecule has 0 aliphatic heterocycles. The lowest BCUT2D eigenvalue weighted by Crippen LogP contribution is -2.46. The van der Waals surface area contributed by atoms with Gasteiger partial charge in [-0.15, -0.1) is 21.5 Å². The first-order valence-corrected chi connectivity index (χ1v) is 10.7. The average molecular weight is 391 g/mol. The van der Waals surface area contributed by atoms with Crippen LogP contribution in [0.25, 0.3) is 0 Å². The van der Waals surface area contributed by atoms with Gasteiger partial charge in [-0.25, -0.2) is 0 Å². The summed E-state index contributed by atoms with van der Waals surface area (Å²) in [5.74, 6) is 1.86. The summed E-state index contributed by atoms with van der Waals surface area (Å²) in [6.07, 6.45) is 7.17. The highest BCUT2D eigenvalue weighted by molar-refractivity contribution is 7.09. The van der Waals surface area contributed by atoms with E-state index in [1.807, 2.05) is 0 Å². The molecular formula is C19H30N6OS. The van der Waals surface area contributed by atoms with Crippen LogP contribution in [0.4, 0.5) is 0 Å². The minimum Gasteiger partial charge on any atom is -0.393 e. The van der Waals surface area contributed by atoms with E-state index in [4.69, 9.17) is 4.99 Å². The zero-order valence-corrected chi connectivity index (χ0v) is 16.8. The van der Waals surface area contributed by atoms with Crippen LogP contribution in [-0.4, -0.2) is 51.1 Å². The van der Waals surface area contributed by atoms with Gasteiger partial charge in [0.05, 0.1) is 6.10 Å². The lowest BCUT2D eigenvalue weighted by atomic mass is 9.93. The Balaban J connectivity index is 1.52. The number of guanidine groups is 1. The van der Waals surface area contributed by atoms with Gasteiger partial charge in [0.2, 0.25) is 0 Å². The predicted molar refractivity (Wildman–Crippen MR) is 109 cm³/mol. The molecule has 2 heterocycles. The molecule has 2 aromatic rings. The molecule has 1 saturated carbocycles. The van der Waals surface area contributed by atoms with Crippen molar-refractivity contribution in [1.82, 2.24) is 25.4 Å². The fourth-order valence-corrected chi connectivity index (χ4v) is 4.03. The van der Waals surface area contributed by atoms with Gasteiger partial charge >= 0.3 is 0 Å².